The Balaban J connectivity index is 1.35. The van der Waals surface area contributed by atoms with Crippen LogP contribution in [-0.2, 0) is 6.42 Å². The second-order valence-electron chi connectivity index (χ2n) is 6.22. The molecule has 0 spiro atoms. The second-order valence-corrected chi connectivity index (χ2v) is 6.22. The average molecular weight is 351 g/mol. The molecule has 1 aliphatic rings. The lowest BCUT2D eigenvalue weighted by Crippen LogP contribution is -2.26. The first-order valence-corrected chi connectivity index (χ1v) is 8.45. The van der Waals surface area contributed by atoms with Gasteiger partial charge < -0.3 is 14.8 Å². The van der Waals surface area contributed by atoms with Gasteiger partial charge in [0, 0.05) is 41.8 Å². The van der Waals surface area contributed by atoms with Crippen LogP contribution in [0.2, 0.25) is 0 Å². The van der Waals surface area contributed by atoms with Gasteiger partial charge in [0.1, 0.15) is 0 Å². The van der Waals surface area contributed by atoms with Crippen LogP contribution >= 0.6 is 0 Å². The summed E-state index contributed by atoms with van der Waals surface area (Å²) in [6.07, 6.45) is 4.05. The van der Waals surface area contributed by atoms with Crippen molar-refractivity contribution < 1.29 is 9.32 Å². The Kier molecular flexibility index (Phi) is 4.30. The number of nitrogens with one attached hydrogen (secondary N) is 2. The van der Waals surface area contributed by atoms with E-state index in [1.165, 1.54) is 12.4 Å². The van der Waals surface area contributed by atoms with E-state index in [0.29, 0.717) is 41.9 Å². The topological polar surface area (TPSA) is 114 Å². The Hall–Kier alpha value is -3.29. The maximum absolute atomic E-state index is 12.2. The molecule has 8 nitrogen and oxygen atoms in total. The SMILES string of the molecule is O=C(NCCc1cc(=O)[nH]cn1)c1ccc(-c2noc(C3CC3)n2)cc1. The smallest absolute Gasteiger partial charge is 0.251 e. The minimum atomic E-state index is -0.205. The molecule has 0 bridgehead atoms. The van der Waals surface area contributed by atoms with Crippen molar-refractivity contribution >= 4 is 5.91 Å². The van der Waals surface area contributed by atoms with Gasteiger partial charge in [0.05, 0.1) is 6.33 Å². The molecule has 2 aromatic heterocycles. The standard InChI is InChI=1S/C18H17N5O3/c24-15-9-14(20-10-21-15)7-8-19-17(25)12-3-1-11(2-4-12)16-22-18(26-23-16)13-5-6-13/h1-4,9-10,13H,5-8H2,(H,19,25)(H,20,21,24). The highest BCUT2D eigenvalue weighted by molar-refractivity contribution is 5.94. The van der Waals surface area contributed by atoms with E-state index in [0.717, 1.165) is 18.4 Å². The first kappa shape index (κ1) is 16.2. The van der Waals surface area contributed by atoms with E-state index in [4.69, 9.17) is 4.52 Å². The van der Waals surface area contributed by atoms with E-state index in [1.54, 1.807) is 24.3 Å². The number of rotatable bonds is 6. The van der Waals surface area contributed by atoms with Gasteiger partial charge in [-0.15, -0.1) is 0 Å². The van der Waals surface area contributed by atoms with E-state index < -0.39 is 0 Å². The van der Waals surface area contributed by atoms with Crippen molar-refractivity contribution in [3.05, 3.63) is 64.2 Å². The minimum Gasteiger partial charge on any atom is -0.352 e. The number of carbonyl (C=O) groups excluding carboxylic acids is 1. The molecule has 1 aromatic carbocycles. The fraction of sp³-hybridized carbons (Fsp3) is 0.278. The summed E-state index contributed by atoms with van der Waals surface area (Å²) in [5.41, 5.74) is 1.78. The molecule has 4 rings (SSSR count). The number of aromatic amines is 1. The van der Waals surface area contributed by atoms with Crippen LogP contribution in [0.1, 0.15) is 40.7 Å². The molecule has 8 heteroatoms. The zero-order chi connectivity index (χ0) is 17.9. The van der Waals surface area contributed by atoms with Crippen molar-refractivity contribution in [2.75, 3.05) is 6.54 Å². The number of benzene rings is 1. The summed E-state index contributed by atoms with van der Waals surface area (Å²) < 4.78 is 5.25. The highest BCUT2D eigenvalue weighted by atomic mass is 16.5. The molecule has 3 aromatic rings. The minimum absolute atomic E-state index is 0.187. The summed E-state index contributed by atoms with van der Waals surface area (Å²) >= 11 is 0. The fourth-order valence-corrected chi connectivity index (χ4v) is 2.57. The van der Waals surface area contributed by atoms with Crippen LogP contribution in [0, 0.1) is 0 Å². The van der Waals surface area contributed by atoms with E-state index in [1.807, 2.05) is 0 Å². The van der Waals surface area contributed by atoms with Crippen LogP contribution in [0.4, 0.5) is 0 Å². The van der Waals surface area contributed by atoms with Gasteiger partial charge in [-0.05, 0) is 25.0 Å². The number of carbonyl (C=O) groups is 1. The van der Waals surface area contributed by atoms with Gasteiger partial charge >= 0.3 is 0 Å². The summed E-state index contributed by atoms with van der Waals surface area (Å²) in [7, 11) is 0. The number of amides is 1. The number of aromatic nitrogens is 4. The second kappa shape index (κ2) is 6.91. The third kappa shape index (κ3) is 3.69. The number of H-pyrrole nitrogens is 1. The molecule has 1 fully saturated rings. The van der Waals surface area contributed by atoms with Crippen molar-refractivity contribution in [1.29, 1.82) is 0 Å². The van der Waals surface area contributed by atoms with Gasteiger partial charge in [0.25, 0.3) is 11.5 Å². The average Bonchev–Trinajstić information content (AvgIpc) is 3.39. The third-order valence-corrected chi connectivity index (χ3v) is 4.18. The van der Waals surface area contributed by atoms with Gasteiger partial charge in [0.15, 0.2) is 0 Å². The van der Waals surface area contributed by atoms with Crippen molar-refractivity contribution in [3.8, 4) is 11.4 Å². The molecule has 2 N–H and O–H groups in total. The maximum atomic E-state index is 12.2. The number of hydrogen-bond donors (Lipinski definition) is 2. The highest BCUT2D eigenvalue weighted by Crippen LogP contribution is 2.39. The zero-order valence-electron chi connectivity index (χ0n) is 13.9. The van der Waals surface area contributed by atoms with E-state index in [9.17, 15) is 9.59 Å². The predicted octanol–water partition coefficient (Wildman–Crippen LogP) is 1.67. The molecule has 26 heavy (non-hydrogen) atoms. The molecule has 0 saturated heterocycles. The zero-order valence-corrected chi connectivity index (χ0v) is 13.9. The summed E-state index contributed by atoms with van der Waals surface area (Å²) in [4.78, 5) is 34.3. The maximum Gasteiger partial charge on any atom is 0.251 e. The number of hydrogen-bond acceptors (Lipinski definition) is 6. The van der Waals surface area contributed by atoms with Crippen LogP contribution in [0.15, 0.2) is 46.0 Å². The van der Waals surface area contributed by atoms with Gasteiger partial charge in [-0.25, -0.2) is 4.98 Å². The highest BCUT2D eigenvalue weighted by Gasteiger charge is 2.29. The molecule has 0 atom stereocenters. The van der Waals surface area contributed by atoms with Crippen LogP contribution in [0.5, 0.6) is 0 Å². The molecule has 1 amide bonds. The molecular formula is C18H17N5O3. The quantitative estimate of drug-likeness (QED) is 0.698. The lowest BCUT2D eigenvalue weighted by Gasteiger charge is -2.05. The van der Waals surface area contributed by atoms with Crippen molar-refractivity contribution in [1.82, 2.24) is 25.4 Å². The van der Waals surface area contributed by atoms with Crippen molar-refractivity contribution in [2.24, 2.45) is 0 Å². The molecule has 1 aliphatic carbocycles. The van der Waals surface area contributed by atoms with E-state index in [-0.39, 0.29) is 11.5 Å². The molecule has 1 saturated carbocycles. The molecule has 0 radical (unpaired) electrons. The first-order valence-electron chi connectivity index (χ1n) is 8.45. The lowest BCUT2D eigenvalue weighted by molar-refractivity contribution is 0.0954. The summed E-state index contributed by atoms with van der Waals surface area (Å²) in [5.74, 6) is 1.46. The monoisotopic (exact) mass is 351 g/mol. The molecule has 2 heterocycles. The Bertz CT molecular complexity index is 973. The van der Waals surface area contributed by atoms with Crippen LogP contribution in [-0.4, -0.2) is 32.6 Å². The van der Waals surface area contributed by atoms with Crippen molar-refractivity contribution in [2.45, 2.75) is 25.2 Å². The Morgan fingerprint density at radius 3 is 2.81 bits per heavy atom. The third-order valence-electron chi connectivity index (χ3n) is 4.18. The lowest BCUT2D eigenvalue weighted by atomic mass is 10.1. The predicted molar refractivity (Wildman–Crippen MR) is 92.6 cm³/mol. The van der Waals surface area contributed by atoms with Gasteiger partial charge in [-0.3, -0.25) is 9.59 Å². The molecular weight excluding hydrogens is 334 g/mol. The molecule has 0 aliphatic heterocycles. The Morgan fingerprint density at radius 1 is 1.27 bits per heavy atom. The van der Waals surface area contributed by atoms with Gasteiger partial charge in [0.2, 0.25) is 11.7 Å². The first-order chi connectivity index (χ1) is 12.7. The van der Waals surface area contributed by atoms with Gasteiger partial charge in [-0.1, -0.05) is 17.3 Å². The summed E-state index contributed by atoms with van der Waals surface area (Å²) in [6.45, 7) is 0.395. The number of nitrogens with zero attached hydrogens (tertiary/aromatic N) is 3. The van der Waals surface area contributed by atoms with Crippen LogP contribution in [0.3, 0.4) is 0 Å². The van der Waals surface area contributed by atoms with E-state index in [2.05, 4.69) is 25.4 Å². The molecule has 0 unspecified atom stereocenters. The fourth-order valence-electron chi connectivity index (χ4n) is 2.57. The Labute approximate surface area is 148 Å². The normalized spacial score (nSPS) is 13.5. The van der Waals surface area contributed by atoms with Crippen LogP contribution in [0.25, 0.3) is 11.4 Å². The largest absolute Gasteiger partial charge is 0.352 e. The summed E-state index contributed by atoms with van der Waals surface area (Å²) in [6, 6.07) is 8.47. The van der Waals surface area contributed by atoms with Crippen molar-refractivity contribution in [3.63, 3.8) is 0 Å². The van der Waals surface area contributed by atoms with Crippen LogP contribution < -0.4 is 10.9 Å². The van der Waals surface area contributed by atoms with E-state index >= 15 is 0 Å². The molecule has 132 valence electrons. The van der Waals surface area contributed by atoms with Gasteiger partial charge in [-0.2, -0.15) is 4.98 Å². The Morgan fingerprint density at radius 2 is 2.08 bits per heavy atom. The summed E-state index contributed by atoms with van der Waals surface area (Å²) in [5, 5.41) is 6.80.